The fourth-order valence-corrected chi connectivity index (χ4v) is 3.28. The summed E-state index contributed by atoms with van der Waals surface area (Å²) in [4.78, 5) is 7.24. The zero-order valence-corrected chi connectivity index (χ0v) is 11.7. The molecule has 0 radical (unpaired) electrons. The van der Waals surface area contributed by atoms with E-state index < -0.39 is 0 Å². The number of hydrogen-bond donors (Lipinski definition) is 1. The molecule has 0 amide bonds. The second kappa shape index (κ2) is 6.36. The highest BCUT2D eigenvalue weighted by Gasteiger charge is 2.19. The maximum Gasteiger partial charge on any atom is 0.185 e. The summed E-state index contributed by atoms with van der Waals surface area (Å²) in [6.07, 6.45) is 5.36. The van der Waals surface area contributed by atoms with E-state index in [1.807, 2.05) is 0 Å². The minimum Gasteiger partial charge on any atom is -0.345 e. The molecule has 1 aliphatic rings. The molecule has 1 fully saturated rings. The van der Waals surface area contributed by atoms with Gasteiger partial charge in [0, 0.05) is 24.5 Å². The summed E-state index contributed by atoms with van der Waals surface area (Å²) in [5.41, 5.74) is 1.18. The third-order valence-corrected chi connectivity index (χ3v) is 4.32. The van der Waals surface area contributed by atoms with E-state index in [0.29, 0.717) is 6.04 Å². The monoisotopic (exact) mass is 253 g/mol. The van der Waals surface area contributed by atoms with Crippen LogP contribution in [0.1, 0.15) is 45.2 Å². The van der Waals surface area contributed by atoms with E-state index in [0.717, 1.165) is 13.1 Å². The van der Waals surface area contributed by atoms with Gasteiger partial charge in [0.05, 0.1) is 5.69 Å². The molecule has 96 valence electrons. The largest absolute Gasteiger partial charge is 0.345 e. The molecule has 1 aromatic rings. The molecule has 1 N–H and O–H groups in total. The first kappa shape index (κ1) is 12.8. The summed E-state index contributed by atoms with van der Waals surface area (Å²) in [5.74, 6) is 0. The molecule has 0 aromatic carbocycles. The highest BCUT2D eigenvalue weighted by molar-refractivity contribution is 7.13. The van der Waals surface area contributed by atoms with Gasteiger partial charge in [0.2, 0.25) is 0 Å². The van der Waals surface area contributed by atoms with Gasteiger partial charge in [0.1, 0.15) is 0 Å². The molecule has 0 bridgehead atoms. The normalized spacial score (nSPS) is 21.5. The lowest BCUT2D eigenvalue weighted by Crippen LogP contribution is -2.32. The minimum atomic E-state index is 0.649. The number of nitrogens with zero attached hydrogens (tertiary/aromatic N) is 2. The van der Waals surface area contributed by atoms with E-state index in [4.69, 9.17) is 4.98 Å². The zero-order valence-electron chi connectivity index (χ0n) is 10.9. The maximum absolute atomic E-state index is 4.75. The smallest absolute Gasteiger partial charge is 0.185 e. The second-order valence-electron chi connectivity index (χ2n) is 4.79. The van der Waals surface area contributed by atoms with Crippen molar-refractivity contribution in [2.75, 3.05) is 18.0 Å². The molecular weight excluding hydrogens is 230 g/mol. The summed E-state index contributed by atoms with van der Waals surface area (Å²) in [6.45, 7) is 7.54. The van der Waals surface area contributed by atoms with Crippen LogP contribution >= 0.6 is 11.3 Å². The zero-order chi connectivity index (χ0) is 12.1. The lowest BCUT2D eigenvalue weighted by atomic mass is 10.1. The van der Waals surface area contributed by atoms with Crippen LogP contribution in [0.3, 0.4) is 0 Å². The molecule has 1 unspecified atom stereocenters. The highest BCUT2D eigenvalue weighted by atomic mass is 32.1. The first-order valence-corrected chi connectivity index (χ1v) is 7.61. The van der Waals surface area contributed by atoms with Crippen molar-refractivity contribution in [1.82, 2.24) is 10.3 Å². The van der Waals surface area contributed by atoms with Crippen molar-refractivity contribution in [3.8, 4) is 0 Å². The van der Waals surface area contributed by atoms with E-state index in [1.165, 1.54) is 43.1 Å². The van der Waals surface area contributed by atoms with Crippen LogP contribution < -0.4 is 10.2 Å². The van der Waals surface area contributed by atoms with Crippen molar-refractivity contribution in [3.63, 3.8) is 0 Å². The Hall–Kier alpha value is -0.610. The Kier molecular flexibility index (Phi) is 4.80. The molecule has 1 atom stereocenters. The predicted molar refractivity (Wildman–Crippen MR) is 74.8 cm³/mol. The molecule has 0 aliphatic carbocycles. The van der Waals surface area contributed by atoms with E-state index in [1.54, 1.807) is 11.3 Å². The number of hydrogen-bond acceptors (Lipinski definition) is 4. The summed E-state index contributed by atoms with van der Waals surface area (Å²) in [6, 6.07) is 0.649. The van der Waals surface area contributed by atoms with Crippen LogP contribution in [0.5, 0.6) is 0 Å². The fraction of sp³-hybridized carbons (Fsp3) is 0.769. The summed E-state index contributed by atoms with van der Waals surface area (Å²) < 4.78 is 0. The molecule has 1 saturated heterocycles. The lowest BCUT2D eigenvalue weighted by Gasteiger charge is -2.26. The van der Waals surface area contributed by atoms with Gasteiger partial charge in [-0.1, -0.05) is 19.8 Å². The van der Waals surface area contributed by atoms with Crippen molar-refractivity contribution in [3.05, 3.63) is 11.1 Å². The van der Waals surface area contributed by atoms with E-state index >= 15 is 0 Å². The van der Waals surface area contributed by atoms with Gasteiger partial charge in [-0.3, -0.25) is 0 Å². The van der Waals surface area contributed by atoms with Crippen molar-refractivity contribution in [1.29, 1.82) is 0 Å². The van der Waals surface area contributed by atoms with E-state index in [2.05, 4.69) is 29.4 Å². The van der Waals surface area contributed by atoms with Crippen LogP contribution in [-0.2, 0) is 6.54 Å². The van der Waals surface area contributed by atoms with Gasteiger partial charge in [0.15, 0.2) is 5.13 Å². The molecule has 2 heterocycles. The molecule has 2 rings (SSSR count). The topological polar surface area (TPSA) is 28.2 Å². The Balaban J connectivity index is 2.01. The van der Waals surface area contributed by atoms with Crippen molar-refractivity contribution in [2.45, 2.75) is 52.1 Å². The van der Waals surface area contributed by atoms with Crippen molar-refractivity contribution in [2.24, 2.45) is 0 Å². The number of anilines is 1. The third-order valence-electron chi connectivity index (χ3n) is 3.39. The van der Waals surface area contributed by atoms with Crippen LogP contribution in [0.2, 0.25) is 0 Å². The average Bonchev–Trinajstić information content (AvgIpc) is 2.69. The highest BCUT2D eigenvalue weighted by Crippen LogP contribution is 2.27. The van der Waals surface area contributed by atoms with Gasteiger partial charge in [-0.15, -0.1) is 11.3 Å². The molecule has 0 spiro atoms. The van der Waals surface area contributed by atoms with Gasteiger partial charge in [-0.05, 0) is 26.3 Å². The number of thiazole rings is 1. The fourth-order valence-electron chi connectivity index (χ4n) is 2.32. The number of rotatable bonds is 4. The molecule has 1 aromatic heterocycles. The summed E-state index contributed by atoms with van der Waals surface area (Å²) in [7, 11) is 0. The Bertz CT molecular complexity index is 337. The van der Waals surface area contributed by atoms with Crippen molar-refractivity contribution < 1.29 is 0 Å². The molecule has 1 aliphatic heterocycles. The summed E-state index contributed by atoms with van der Waals surface area (Å²) in [5, 5.41) is 6.74. The molecule has 0 saturated carbocycles. The Labute approximate surface area is 108 Å². The minimum absolute atomic E-state index is 0.649. The standard InChI is InChI=1S/C13H23N3S/c1-3-14-9-12-10-17-13(15-12)16-8-6-4-5-7-11(16)2/h10-11,14H,3-9H2,1-2H3. The molecule has 4 heteroatoms. The first-order chi connectivity index (χ1) is 8.31. The van der Waals surface area contributed by atoms with Gasteiger partial charge in [0.25, 0.3) is 0 Å². The van der Waals surface area contributed by atoms with E-state index in [-0.39, 0.29) is 0 Å². The average molecular weight is 253 g/mol. The van der Waals surface area contributed by atoms with E-state index in [9.17, 15) is 0 Å². The van der Waals surface area contributed by atoms with Gasteiger partial charge in [-0.25, -0.2) is 4.98 Å². The van der Waals surface area contributed by atoms with Crippen LogP contribution in [0, 0.1) is 0 Å². The van der Waals surface area contributed by atoms with Crippen molar-refractivity contribution >= 4 is 16.5 Å². The number of nitrogens with one attached hydrogen (secondary N) is 1. The maximum atomic E-state index is 4.75. The second-order valence-corrected chi connectivity index (χ2v) is 5.63. The Morgan fingerprint density at radius 2 is 2.35 bits per heavy atom. The lowest BCUT2D eigenvalue weighted by molar-refractivity contribution is 0.613. The van der Waals surface area contributed by atoms with Crippen LogP contribution in [0.4, 0.5) is 5.13 Å². The first-order valence-electron chi connectivity index (χ1n) is 6.73. The van der Waals surface area contributed by atoms with Gasteiger partial charge < -0.3 is 10.2 Å². The molecule has 17 heavy (non-hydrogen) atoms. The van der Waals surface area contributed by atoms with Crippen LogP contribution in [0.25, 0.3) is 0 Å². The third kappa shape index (κ3) is 3.42. The van der Waals surface area contributed by atoms with Gasteiger partial charge >= 0.3 is 0 Å². The SMILES string of the molecule is CCNCc1csc(N2CCCCCC2C)n1. The molecule has 3 nitrogen and oxygen atoms in total. The quantitative estimate of drug-likeness (QED) is 0.894. The predicted octanol–water partition coefficient (Wildman–Crippen LogP) is 3.02. The summed E-state index contributed by atoms with van der Waals surface area (Å²) >= 11 is 1.79. The van der Waals surface area contributed by atoms with Gasteiger partial charge in [-0.2, -0.15) is 0 Å². The van der Waals surface area contributed by atoms with Crippen LogP contribution in [-0.4, -0.2) is 24.1 Å². The Morgan fingerprint density at radius 3 is 3.18 bits per heavy atom. The number of aromatic nitrogens is 1. The Morgan fingerprint density at radius 1 is 1.47 bits per heavy atom. The van der Waals surface area contributed by atoms with Crippen LogP contribution in [0.15, 0.2) is 5.38 Å². The molecular formula is C13H23N3S.